The second-order valence-electron chi connectivity index (χ2n) is 3.18. The predicted molar refractivity (Wildman–Crippen MR) is 59.5 cm³/mol. The van der Waals surface area contributed by atoms with Crippen molar-refractivity contribution >= 4 is 11.6 Å². The van der Waals surface area contributed by atoms with E-state index in [0.29, 0.717) is 24.3 Å². The van der Waals surface area contributed by atoms with E-state index >= 15 is 0 Å². The number of hydrogen-bond donors (Lipinski definition) is 2. The number of carbonyl (C=O) groups excluding carboxylic acids is 1. The molecule has 0 saturated carbocycles. The standard InChI is InChI=1S/C10H16N4O/c1-4-6-12-10(15)9-8(11)7(5-2)13-14(9)3/h4H,1,5-6,11H2,2-3H3,(H,12,15). The lowest BCUT2D eigenvalue weighted by Gasteiger charge is -2.03. The quantitative estimate of drug-likeness (QED) is 0.707. The molecule has 82 valence electrons. The second kappa shape index (κ2) is 4.63. The van der Waals surface area contributed by atoms with E-state index in [1.807, 2.05) is 6.92 Å². The Hall–Kier alpha value is -1.78. The first-order valence-corrected chi connectivity index (χ1v) is 4.82. The molecular weight excluding hydrogens is 192 g/mol. The average Bonchev–Trinajstić information content (AvgIpc) is 2.50. The zero-order valence-corrected chi connectivity index (χ0v) is 9.08. The molecule has 1 rings (SSSR count). The van der Waals surface area contributed by atoms with Crippen LogP contribution >= 0.6 is 0 Å². The van der Waals surface area contributed by atoms with Gasteiger partial charge in [0.05, 0.1) is 11.4 Å². The van der Waals surface area contributed by atoms with E-state index in [2.05, 4.69) is 17.0 Å². The van der Waals surface area contributed by atoms with Gasteiger partial charge in [0, 0.05) is 13.6 Å². The lowest BCUT2D eigenvalue weighted by atomic mass is 10.2. The molecule has 1 heterocycles. The molecule has 0 aromatic carbocycles. The fraction of sp³-hybridized carbons (Fsp3) is 0.400. The Morgan fingerprint density at radius 1 is 1.73 bits per heavy atom. The Kier molecular flexibility index (Phi) is 3.49. The summed E-state index contributed by atoms with van der Waals surface area (Å²) in [5.41, 5.74) is 7.44. The summed E-state index contributed by atoms with van der Waals surface area (Å²) >= 11 is 0. The summed E-state index contributed by atoms with van der Waals surface area (Å²) in [7, 11) is 1.71. The number of rotatable bonds is 4. The zero-order valence-electron chi connectivity index (χ0n) is 9.08. The van der Waals surface area contributed by atoms with Crippen molar-refractivity contribution in [3.8, 4) is 0 Å². The minimum Gasteiger partial charge on any atom is -0.395 e. The molecule has 0 aliphatic heterocycles. The van der Waals surface area contributed by atoms with E-state index in [0.717, 1.165) is 5.69 Å². The average molecular weight is 208 g/mol. The summed E-state index contributed by atoms with van der Waals surface area (Å²) in [6.45, 7) is 5.89. The minimum atomic E-state index is -0.220. The number of nitrogens with zero attached hydrogens (tertiary/aromatic N) is 2. The Bertz CT molecular complexity index is 381. The number of nitrogen functional groups attached to an aromatic ring is 1. The van der Waals surface area contributed by atoms with Crippen LogP contribution in [0.5, 0.6) is 0 Å². The summed E-state index contributed by atoms with van der Waals surface area (Å²) in [6, 6.07) is 0. The number of nitrogens with two attached hydrogens (primary N) is 1. The number of anilines is 1. The molecule has 0 bridgehead atoms. The van der Waals surface area contributed by atoms with Gasteiger partial charge < -0.3 is 11.1 Å². The molecule has 0 radical (unpaired) electrons. The van der Waals surface area contributed by atoms with Crippen molar-refractivity contribution < 1.29 is 4.79 Å². The molecule has 1 aromatic heterocycles. The van der Waals surface area contributed by atoms with Crippen molar-refractivity contribution in [3.05, 3.63) is 24.0 Å². The first-order chi connectivity index (χ1) is 7.11. The largest absolute Gasteiger partial charge is 0.395 e. The molecule has 0 atom stereocenters. The fourth-order valence-electron chi connectivity index (χ4n) is 1.37. The molecule has 3 N–H and O–H groups in total. The van der Waals surface area contributed by atoms with Crippen LogP contribution in [0.25, 0.3) is 0 Å². The highest BCUT2D eigenvalue weighted by Crippen LogP contribution is 2.16. The number of amides is 1. The Labute approximate surface area is 89.0 Å². The van der Waals surface area contributed by atoms with Crippen molar-refractivity contribution in [3.63, 3.8) is 0 Å². The molecule has 5 heteroatoms. The first kappa shape index (κ1) is 11.3. The van der Waals surface area contributed by atoms with Crippen molar-refractivity contribution in [1.29, 1.82) is 0 Å². The number of aromatic nitrogens is 2. The normalized spacial score (nSPS) is 10.0. The molecule has 0 unspecified atom stereocenters. The monoisotopic (exact) mass is 208 g/mol. The van der Waals surface area contributed by atoms with E-state index in [9.17, 15) is 4.79 Å². The molecular formula is C10H16N4O. The van der Waals surface area contributed by atoms with Crippen LogP contribution in [0.1, 0.15) is 23.1 Å². The second-order valence-corrected chi connectivity index (χ2v) is 3.18. The van der Waals surface area contributed by atoms with Gasteiger partial charge in [-0.05, 0) is 6.42 Å². The Balaban J connectivity index is 2.97. The highest BCUT2D eigenvalue weighted by molar-refractivity contribution is 5.98. The SMILES string of the molecule is C=CCNC(=O)c1c(N)c(CC)nn1C. The van der Waals surface area contributed by atoms with Gasteiger partial charge in [-0.1, -0.05) is 13.0 Å². The number of aryl methyl sites for hydroxylation is 2. The van der Waals surface area contributed by atoms with Gasteiger partial charge in [0.15, 0.2) is 0 Å². The van der Waals surface area contributed by atoms with Crippen molar-refractivity contribution in [1.82, 2.24) is 15.1 Å². The number of nitrogens with one attached hydrogen (secondary N) is 1. The Morgan fingerprint density at radius 3 is 2.87 bits per heavy atom. The van der Waals surface area contributed by atoms with Crippen LogP contribution in [0.3, 0.4) is 0 Å². The summed E-state index contributed by atoms with van der Waals surface area (Å²) in [4.78, 5) is 11.7. The minimum absolute atomic E-state index is 0.220. The number of hydrogen-bond acceptors (Lipinski definition) is 3. The van der Waals surface area contributed by atoms with E-state index in [1.165, 1.54) is 4.68 Å². The molecule has 0 saturated heterocycles. The van der Waals surface area contributed by atoms with Gasteiger partial charge in [0.25, 0.3) is 5.91 Å². The third kappa shape index (κ3) is 2.18. The van der Waals surface area contributed by atoms with Crippen molar-refractivity contribution in [2.45, 2.75) is 13.3 Å². The Morgan fingerprint density at radius 2 is 2.40 bits per heavy atom. The van der Waals surface area contributed by atoms with Gasteiger partial charge in [-0.15, -0.1) is 6.58 Å². The summed E-state index contributed by atoms with van der Waals surface area (Å²) in [5, 5.41) is 6.83. The highest BCUT2D eigenvalue weighted by Gasteiger charge is 2.17. The lowest BCUT2D eigenvalue weighted by Crippen LogP contribution is -2.26. The van der Waals surface area contributed by atoms with Crippen molar-refractivity contribution in [2.75, 3.05) is 12.3 Å². The van der Waals surface area contributed by atoms with Crippen LogP contribution in [-0.4, -0.2) is 22.2 Å². The smallest absolute Gasteiger partial charge is 0.271 e. The number of carbonyl (C=O) groups is 1. The maximum absolute atomic E-state index is 11.7. The van der Waals surface area contributed by atoms with E-state index in [4.69, 9.17) is 5.73 Å². The molecule has 1 aromatic rings. The van der Waals surface area contributed by atoms with Crippen molar-refractivity contribution in [2.24, 2.45) is 7.05 Å². The molecule has 15 heavy (non-hydrogen) atoms. The third-order valence-electron chi connectivity index (χ3n) is 2.12. The van der Waals surface area contributed by atoms with Gasteiger partial charge in [-0.2, -0.15) is 5.10 Å². The maximum atomic E-state index is 11.7. The summed E-state index contributed by atoms with van der Waals surface area (Å²) in [5.74, 6) is -0.220. The molecule has 5 nitrogen and oxygen atoms in total. The first-order valence-electron chi connectivity index (χ1n) is 4.82. The highest BCUT2D eigenvalue weighted by atomic mass is 16.2. The van der Waals surface area contributed by atoms with E-state index in [-0.39, 0.29) is 5.91 Å². The summed E-state index contributed by atoms with van der Waals surface area (Å²) in [6.07, 6.45) is 2.33. The predicted octanol–water partition coefficient (Wildman–Crippen LogP) is 0.480. The molecule has 0 aliphatic rings. The van der Waals surface area contributed by atoms with Gasteiger partial charge in [0.2, 0.25) is 0 Å². The third-order valence-corrected chi connectivity index (χ3v) is 2.12. The molecule has 0 fully saturated rings. The van der Waals surface area contributed by atoms with Crippen LogP contribution in [0, 0.1) is 0 Å². The van der Waals surface area contributed by atoms with Gasteiger partial charge >= 0.3 is 0 Å². The van der Waals surface area contributed by atoms with Crippen LogP contribution in [0.4, 0.5) is 5.69 Å². The van der Waals surface area contributed by atoms with Crippen LogP contribution in [-0.2, 0) is 13.5 Å². The lowest BCUT2D eigenvalue weighted by molar-refractivity contribution is 0.0949. The van der Waals surface area contributed by atoms with E-state index in [1.54, 1.807) is 13.1 Å². The summed E-state index contributed by atoms with van der Waals surface area (Å²) < 4.78 is 1.51. The van der Waals surface area contributed by atoms with Gasteiger partial charge in [-0.25, -0.2) is 0 Å². The topological polar surface area (TPSA) is 72.9 Å². The zero-order chi connectivity index (χ0) is 11.4. The van der Waals surface area contributed by atoms with Crippen LogP contribution in [0.2, 0.25) is 0 Å². The van der Waals surface area contributed by atoms with E-state index < -0.39 is 0 Å². The molecule has 0 aliphatic carbocycles. The fourth-order valence-corrected chi connectivity index (χ4v) is 1.37. The molecule has 0 spiro atoms. The van der Waals surface area contributed by atoms with Gasteiger partial charge in [0.1, 0.15) is 5.69 Å². The van der Waals surface area contributed by atoms with Gasteiger partial charge in [-0.3, -0.25) is 9.48 Å². The van der Waals surface area contributed by atoms with Crippen LogP contribution < -0.4 is 11.1 Å². The van der Waals surface area contributed by atoms with Crippen LogP contribution in [0.15, 0.2) is 12.7 Å². The molecule has 1 amide bonds. The maximum Gasteiger partial charge on any atom is 0.271 e.